The zero-order chi connectivity index (χ0) is 15.7. The Kier molecular flexibility index (Phi) is 7.63. The van der Waals surface area contributed by atoms with Crippen LogP contribution >= 0.6 is 11.8 Å². The third-order valence-electron chi connectivity index (χ3n) is 3.25. The van der Waals surface area contributed by atoms with Gasteiger partial charge in [0.25, 0.3) is 0 Å². The monoisotopic (exact) mass is 306 g/mol. The highest BCUT2D eigenvalue weighted by molar-refractivity contribution is 7.99. The van der Waals surface area contributed by atoms with Gasteiger partial charge in [0.05, 0.1) is 13.2 Å². The molecular weight excluding hydrogens is 280 g/mol. The minimum atomic E-state index is -0.404. The number of thioether (sulfide) groups is 1. The average Bonchev–Trinajstić information content (AvgIpc) is 2.47. The third kappa shape index (κ3) is 6.88. The fourth-order valence-corrected chi connectivity index (χ4v) is 3.15. The largest absolute Gasteiger partial charge is 0.497 e. The summed E-state index contributed by atoms with van der Waals surface area (Å²) in [6, 6.07) is 10.9. The van der Waals surface area contributed by atoms with Gasteiger partial charge in [0.1, 0.15) is 11.3 Å². The lowest BCUT2D eigenvalue weighted by molar-refractivity contribution is 0.372. The molecule has 0 aromatic heterocycles. The number of nitriles is 1. The van der Waals surface area contributed by atoms with Gasteiger partial charge in [-0.1, -0.05) is 0 Å². The normalized spacial score (nSPS) is 13.7. The van der Waals surface area contributed by atoms with Crippen LogP contribution < -0.4 is 10.1 Å². The van der Waals surface area contributed by atoms with Gasteiger partial charge < -0.3 is 4.74 Å². The first-order valence-electron chi connectivity index (χ1n) is 7.45. The summed E-state index contributed by atoms with van der Waals surface area (Å²) < 4.78 is 5.15. The number of unbranched alkanes of at least 4 members (excludes halogenated alkanes) is 1. The van der Waals surface area contributed by atoms with Crippen LogP contribution in [0.1, 0.15) is 40.0 Å². The molecule has 0 amide bonds. The predicted molar refractivity (Wildman–Crippen MR) is 89.9 cm³/mol. The third-order valence-corrected chi connectivity index (χ3v) is 4.35. The van der Waals surface area contributed by atoms with Gasteiger partial charge in [-0.15, -0.1) is 11.8 Å². The zero-order valence-corrected chi connectivity index (χ0v) is 14.3. The van der Waals surface area contributed by atoms with Crippen LogP contribution in [0.15, 0.2) is 29.2 Å². The molecule has 1 aromatic carbocycles. The second kappa shape index (κ2) is 8.96. The lowest BCUT2D eigenvalue weighted by Gasteiger charge is -2.25. The number of benzene rings is 1. The Morgan fingerprint density at radius 1 is 1.29 bits per heavy atom. The molecule has 0 spiro atoms. The van der Waals surface area contributed by atoms with Crippen LogP contribution in [0.3, 0.4) is 0 Å². The van der Waals surface area contributed by atoms with Crippen molar-refractivity contribution in [2.75, 3.05) is 12.9 Å². The molecule has 0 heterocycles. The maximum Gasteiger partial charge on any atom is 0.118 e. The SMILES string of the molecule is COc1ccc(SCCCCC(C)(C#N)NC(C)C)cc1. The first-order valence-corrected chi connectivity index (χ1v) is 8.43. The number of ether oxygens (including phenoxy) is 1. The molecule has 4 heteroatoms. The molecule has 116 valence electrons. The van der Waals surface area contributed by atoms with Gasteiger partial charge in [0.2, 0.25) is 0 Å². The van der Waals surface area contributed by atoms with E-state index in [2.05, 4.69) is 37.4 Å². The second-order valence-corrected chi connectivity index (χ2v) is 6.89. The van der Waals surface area contributed by atoms with Gasteiger partial charge in [-0.05, 0) is 70.1 Å². The van der Waals surface area contributed by atoms with Gasteiger partial charge in [-0.2, -0.15) is 5.26 Å². The Morgan fingerprint density at radius 2 is 1.95 bits per heavy atom. The molecule has 0 aliphatic carbocycles. The van der Waals surface area contributed by atoms with E-state index in [1.165, 1.54) is 4.90 Å². The molecular formula is C17H26N2OS. The fourth-order valence-electron chi connectivity index (χ4n) is 2.24. The van der Waals surface area contributed by atoms with Gasteiger partial charge in [-0.3, -0.25) is 5.32 Å². The van der Waals surface area contributed by atoms with Crippen molar-refractivity contribution in [3.8, 4) is 11.8 Å². The van der Waals surface area contributed by atoms with E-state index in [0.29, 0.717) is 6.04 Å². The molecule has 1 unspecified atom stereocenters. The Bertz CT molecular complexity index is 453. The van der Waals surface area contributed by atoms with Crippen LogP contribution in [0.5, 0.6) is 5.75 Å². The predicted octanol–water partition coefficient (Wildman–Crippen LogP) is 4.24. The van der Waals surface area contributed by atoms with Crippen LogP contribution in [-0.4, -0.2) is 24.4 Å². The van der Waals surface area contributed by atoms with Crippen molar-refractivity contribution in [1.29, 1.82) is 5.26 Å². The Hall–Kier alpha value is -1.18. The van der Waals surface area contributed by atoms with Crippen LogP contribution in [0, 0.1) is 11.3 Å². The molecule has 1 atom stereocenters. The van der Waals surface area contributed by atoms with E-state index >= 15 is 0 Å². The van der Waals surface area contributed by atoms with Gasteiger partial charge in [-0.25, -0.2) is 0 Å². The molecule has 21 heavy (non-hydrogen) atoms. The summed E-state index contributed by atoms with van der Waals surface area (Å²) in [5.41, 5.74) is -0.404. The molecule has 0 saturated heterocycles. The average molecular weight is 306 g/mol. The molecule has 0 bridgehead atoms. The molecule has 0 radical (unpaired) electrons. The summed E-state index contributed by atoms with van der Waals surface area (Å²) in [7, 11) is 1.68. The molecule has 0 aliphatic rings. The van der Waals surface area contributed by atoms with Gasteiger partial charge in [0, 0.05) is 10.9 Å². The highest BCUT2D eigenvalue weighted by Crippen LogP contribution is 2.23. The van der Waals surface area contributed by atoms with E-state index in [4.69, 9.17) is 4.74 Å². The van der Waals surface area contributed by atoms with Crippen molar-refractivity contribution in [3.63, 3.8) is 0 Å². The number of nitrogens with zero attached hydrogens (tertiary/aromatic N) is 1. The summed E-state index contributed by atoms with van der Waals surface area (Å²) in [6.07, 6.45) is 3.07. The van der Waals surface area contributed by atoms with Crippen molar-refractivity contribution >= 4 is 11.8 Å². The first kappa shape index (κ1) is 17.9. The summed E-state index contributed by atoms with van der Waals surface area (Å²) >= 11 is 1.85. The lowest BCUT2D eigenvalue weighted by atomic mass is 9.96. The van der Waals surface area contributed by atoms with Crippen molar-refractivity contribution in [3.05, 3.63) is 24.3 Å². The van der Waals surface area contributed by atoms with Crippen molar-refractivity contribution in [2.24, 2.45) is 0 Å². The molecule has 1 N–H and O–H groups in total. The van der Waals surface area contributed by atoms with E-state index in [1.54, 1.807) is 7.11 Å². The fraction of sp³-hybridized carbons (Fsp3) is 0.588. The van der Waals surface area contributed by atoms with E-state index in [1.807, 2.05) is 30.8 Å². The molecule has 0 aliphatic heterocycles. The first-order chi connectivity index (χ1) is 9.99. The highest BCUT2D eigenvalue weighted by Gasteiger charge is 2.23. The topological polar surface area (TPSA) is 45.0 Å². The number of hydrogen-bond acceptors (Lipinski definition) is 4. The van der Waals surface area contributed by atoms with Crippen LogP contribution in [-0.2, 0) is 0 Å². The number of hydrogen-bond donors (Lipinski definition) is 1. The summed E-state index contributed by atoms with van der Waals surface area (Å²) in [5, 5.41) is 12.6. The van der Waals surface area contributed by atoms with Crippen LogP contribution in [0.2, 0.25) is 0 Å². The van der Waals surface area contributed by atoms with E-state index < -0.39 is 5.54 Å². The standard InChI is InChI=1S/C17H26N2OS/c1-14(2)19-17(3,13-18)11-5-6-12-21-16-9-7-15(20-4)8-10-16/h7-10,14,19H,5-6,11-12H2,1-4H3. The summed E-state index contributed by atoms with van der Waals surface area (Å²) in [4.78, 5) is 1.26. The van der Waals surface area contributed by atoms with E-state index in [9.17, 15) is 5.26 Å². The van der Waals surface area contributed by atoms with Crippen LogP contribution in [0.4, 0.5) is 0 Å². The molecule has 3 nitrogen and oxygen atoms in total. The number of methoxy groups -OCH3 is 1. The molecule has 1 aromatic rings. The van der Waals surface area contributed by atoms with Gasteiger partial charge in [0.15, 0.2) is 0 Å². The molecule has 1 rings (SSSR count). The quantitative estimate of drug-likeness (QED) is 0.547. The zero-order valence-electron chi connectivity index (χ0n) is 13.5. The maximum absolute atomic E-state index is 9.29. The van der Waals surface area contributed by atoms with Crippen molar-refractivity contribution in [1.82, 2.24) is 5.32 Å². The summed E-state index contributed by atoms with van der Waals surface area (Å²) in [5.74, 6) is 1.97. The number of rotatable bonds is 9. The van der Waals surface area contributed by atoms with Crippen molar-refractivity contribution < 1.29 is 4.74 Å². The second-order valence-electron chi connectivity index (χ2n) is 5.72. The smallest absolute Gasteiger partial charge is 0.118 e. The minimum absolute atomic E-state index is 0.336. The Labute approximate surface area is 133 Å². The number of nitrogens with one attached hydrogen (secondary N) is 1. The van der Waals surface area contributed by atoms with Crippen molar-refractivity contribution in [2.45, 2.75) is 56.5 Å². The van der Waals surface area contributed by atoms with Crippen LogP contribution in [0.25, 0.3) is 0 Å². The Morgan fingerprint density at radius 3 is 2.48 bits per heavy atom. The molecule has 0 saturated carbocycles. The highest BCUT2D eigenvalue weighted by atomic mass is 32.2. The molecule has 0 fully saturated rings. The minimum Gasteiger partial charge on any atom is -0.497 e. The van der Waals surface area contributed by atoms with E-state index in [-0.39, 0.29) is 0 Å². The van der Waals surface area contributed by atoms with Gasteiger partial charge >= 0.3 is 0 Å². The maximum atomic E-state index is 9.29. The summed E-state index contributed by atoms with van der Waals surface area (Å²) in [6.45, 7) is 6.15. The Balaban J connectivity index is 2.26. The van der Waals surface area contributed by atoms with E-state index in [0.717, 1.165) is 30.8 Å². The lowest BCUT2D eigenvalue weighted by Crippen LogP contribution is -2.44.